The minimum atomic E-state index is 0.106. The topological polar surface area (TPSA) is 21.3 Å². The lowest BCUT2D eigenvalue weighted by Gasteiger charge is -2.43. The van der Waals surface area contributed by atoms with Crippen LogP contribution >= 0.6 is 11.6 Å². The van der Waals surface area contributed by atoms with Gasteiger partial charge < -0.3 is 10.1 Å². The fourth-order valence-corrected chi connectivity index (χ4v) is 2.93. The molecule has 1 aromatic rings. The molecule has 3 heteroatoms. The zero-order chi connectivity index (χ0) is 13.0. The fraction of sp³-hybridized carbons (Fsp3) is 0.600. The van der Waals surface area contributed by atoms with E-state index >= 15 is 0 Å². The number of hydrogen-bond acceptors (Lipinski definition) is 2. The molecule has 0 amide bonds. The van der Waals surface area contributed by atoms with E-state index in [-0.39, 0.29) is 5.60 Å². The highest BCUT2D eigenvalue weighted by Crippen LogP contribution is 2.39. The lowest BCUT2D eigenvalue weighted by atomic mass is 9.75. The van der Waals surface area contributed by atoms with E-state index in [0.717, 1.165) is 17.9 Å². The Labute approximate surface area is 115 Å². The van der Waals surface area contributed by atoms with Crippen LogP contribution in [0.3, 0.4) is 0 Å². The van der Waals surface area contributed by atoms with Crippen LogP contribution in [-0.2, 0) is 11.2 Å². The van der Waals surface area contributed by atoms with Crippen LogP contribution in [0.5, 0.6) is 0 Å². The van der Waals surface area contributed by atoms with Gasteiger partial charge in [-0.2, -0.15) is 0 Å². The molecule has 18 heavy (non-hydrogen) atoms. The molecule has 0 bridgehead atoms. The summed E-state index contributed by atoms with van der Waals surface area (Å²) in [6.07, 6.45) is 5.68. The van der Waals surface area contributed by atoms with E-state index in [0.29, 0.717) is 6.04 Å². The van der Waals surface area contributed by atoms with E-state index in [2.05, 4.69) is 11.4 Å². The molecule has 1 N–H and O–H groups in total. The van der Waals surface area contributed by atoms with E-state index in [1.807, 2.05) is 32.4 Å². The average Bonchev–Trinajstić information content (AvgIpc) is 2.35. The second-order valence-electron chi connectivity index (χ2n) is 5.23. The summed E-state index contributed by atoms with van der Waals surface area (Å²) >= 11 is 6.22. The molecular weight excluding hydrogens is 246 g/mol. The molecule has 1 aromatic carbocycles. The van der Waals surface area contributed by atoms with Crippen molar-refractivity contribution in [3.05, 3.63) is 34.9 Å². The van der Waals surface area contributed by atoms with Crippen LogP contribution < -0.4 is 5.32 Å². The Morgan fingerprint density at radius 2 is 2.11 bits per heavy atom. The number of benzene rings is 1. The highest BCUT2D eigenvalue weighted by Gasteiger charge is 2.38. The van der Waals surface area contributed by atoms with Crippen molar-refractivity contribution in [2.24, 2.45) is 0 Å². The lowest BCUT2D eigenvalue weighted by Crippen LogP contribution is -2.45. The van der Waals surface area contributed by atoms with E-state index in [9.17, 15) is 0 Å². The van der Waals surface area contributed by atoms with Crippen molar-refractivity contribution in [2.45, 2.75) is 43.7 Å². The summed E-state index contributed by atoms with van der Waals surface area (Å²) in [6.45, 7) is 0. The number of halogens is 1. The molecule has 0 heterocycles. The van der Waals surface area contributed by atoms with Crippen LogP contribution in [0.15, 0.2) is 24.3 Å². The summed E-state index contributed by atoms with van der Waals surface area (Å²) in [5.74, 6) is 0. The zero-order valence-electron chi connectivity index (χ0n) is 11.2. The average molecular weight is 268 g/mol. The Balaban J connectivity index is 1.99. The second-order valence-corrected chi connectivity index (χ2v) is 5.63. The Hall–Kier alpha value is -0.570. The minimum absolute atomic E-state index is 0.106. The molecule has 0 aromatic heterocycles. The normalized spacial score (nSPS) is 19.3. The quantitative estimate of drug-likeness (QED) is 0.853. The smallest absolute Gasteiger partial charge is 0.0693 e. The molecule has 0 radical (unpaired) electrons. The molecule has 1 aliphatic rings. The van der Waals surface area contributed by atoms with Gasteiger partial charge in [0.15, 0.2) is 0 Å². The fourth-order valence-electron chi connectivity index (χ4n) is 2.72. The first-order chi connectivity index (χ1) is 8.69. The Kier molecular flexibility index (Phi) is 4.66. The van der Waals surface area contributed by atoms with Gasteiger partial charge in [0, 0.05) is 18.2 Å². The maximum Gasteiger partial charge on any atom is 0.0693 e. The van der Waals surface area contributed by atoms with Crippen molar-refractivity contribution in [1.82, 2.24) is 5.32 Å². The molecule has 2 nitrogen and oxygen atoms in total. The lowest BCUT2D eigenvalue weighted by molar-refractivity contribution is -0.0830. The number of rotatable bonds is 6. The third-order valence-electron chi connectivity index (χ3n) is 4.15. The number of methoxy groups -OCH3 is 1. The van der Waals surface area contributed by atoms with Crippen LogP contribution in [0.1, 0.15) is 31.2 Å². The molecule has 1 aliphatic carbocycles. The van der Waals surface area contributed by atoms with Gasteiger partial charge >= 0.3 is 0 Å². The van der Waals surface area contributed by atoms with E-state index < -0.39 is 0 Å². The number of ether oxygens (including phenoxy) is 1. The first-order valence-corrected chi connectivity index (χ1v) is 7.03. The van der Waals surface area contributed by atoms with Crippen LogP contribution in [0, 0.1) is 0 Å². The molecule has 100 valence electrons. The van der Waals surface area contributed by atoms with Crippen LogP contribution in [0.2, 0.25) is 5.02 Å². The summed E-state index contributed by atoms with van der Waals surface area (Å²) in [4.78, 5) is 0. The first-order valence-electron chi connectivity index (χ1n) is 6.65. The van der Waals surface area contributed by atoms with Crippen molar-refractivity contribution in [3.63, 3.8) is 0 Å². The van der Waals surface area contributed by atoms with Gasteiger partial charge in [0.25, 0.3) is 0 Å². The molecular formula is C15H22ClNO. The molecule has 1 fully saturated rings. The summed E-state index contributed by atoms with van der Waals surface area (Å²) < 4.78 is 5.70. The molecule has 2 rings (SSSR count). The summed E-state index contributed by atoms with van der Waals surface area (Å²) in [6, 6.07) is 8.50. The van der Waals surface area contributed by atoms with Gasteiger partial charge in [-0.1, -0.05) is 29.8 Å². The summed E-state index contributed by atoms with van der Waals surface area (Å²) in [7, 11) is 3.85. The van der Waals surface area contributed by atoms with Crippen molar-refractivity contribution in [1.29, 1.82) is 0 Å². The molecule has 0 saturated heterocycles. The monoisotopic (exact) mass is 267 g/mol. The first kappa shape index (κ1) is 13.9. The van der Waals surface area contributed by atoms with E-state index in [1.165, 1.54) is 24.8 Å². The van der Waals surface area contributed by atoms with Crippen LogP contribution in [-0.4, -0.2) is 25.8 Å². The van der Waals surface area contributed by atoms with Gasteiger partial charge in [-0.25, -0.2) is 0 Å². The molecule has 0 spiro atoms. The van der Waals surface area contributed by atoms with Crippen LogP contribution in [0.25, 0.3) is 0 Å². The number of likely N-dealkylation sites (N-methyl/N-ethyl adjacent to an activating group) is 1. The molecule has 1 atom stereocenters. The molecule has 1 saturated carbocycles. The Morgan fingerprint density at radius 1 is 1.39 bits per heavy atom. The Bertz CT molecular complexity index is 384. The van der Waals surface area contributed by atoms with Crippen molar-refractivity contribution >= 4 is 11.6 Å². The number of nitrogens with one attached hydrogen (secondary N) is 1. The number of hydrogen-bond donors (Lipinski definition) is 1. The third-order valence-corrected chi connectivity index (χ3v) is 4.52. The van der Waals surface area contributed by atoms with Gasteiger partial charge in [-0.3, -0.25) is 0 Å². The minimum Gasteiger partial charge on any atom is -0.378 e. The van der Waals surface area contributed by atoms with E-state index in [4.69, 9.17) is 16.3 Å². The standard InChI is InChI=1S/C15H22ClNO/c1-17-13(11-15(18-2)8-5-9-15)10-12-6-3-4-7-14(12)16/h3-4,6-7,13,17H,5,8-11H2,1-2H3. The third kappa shape index (κ3) is 3.05. The predicted molar refractivity (Wildman–Crippen MR) is 76.2 cm³/mol. The second kappa shape index (κ2) is 6.05. The van der Waals surface area contributed by atoms with Crippen molar-refractivity contribution in [3.8, 4) is 0 Å². The molecule has 0 aliphatic heterocycles. The maximum absolute atomic E-state index is 6.22. The highest BCUT2D eigenvalue weighted by atomic mass is 35.5. The summed E-state index contributed by atoms with van der Waals surface area (Å²) in [5.41, 5.74) is 1.32. The van der Waals surface area contributed by atoms with Gasteiger partial charge in [0.05, 0.1) is 5.60 Å². The van der Waals surface area contributed by atoms with Crippen molar-refractivity contribution in [2.75, 3.05) is 14.2 Å². The Morgan fingerprint density at radius 3 is 2.61 bits per heavy atom. The van der Waals surface area contributed by atoms with Crippen LogP contribution in [0.4, 0.5) is 0 Å². The zero-order valence-corrected chi connectivity index (χ0v) is 12.0. The van der Waals surface area contributed by atoms with Crippen molar-refractivity contribution < 1.29 is 4.74 Å². The summed E-state index contributed by atoms with van der Waals surface area (Å²) in [5, 5.41) is 4.26. The van der Waals surface area contributed by atoms with Gasteiger partial charge in [-0.15, -0.1) is 0 Å². The highest BCUT2D eigenvalue weighted by molar-refractivity contribution is 6.31. The van der Waals surface area contributed by atoms with Gasteiger partial charge in [0.1, 0.15) is 0 Å². The predicted octanol–water partition coefficient (Wildman–Crippen LogP) is 3.43. The maximum atomic E-state index is 6.22. The van der Waals surface area contributed by atoms with Gasteiger partial charge in [-0.05, 0) is 50.8 Å². The SMILES string of the molecule is CNC(Cc1ccccc1Cl)CC1(OC)CCC1. The van der Waals surface area contributed by atoms with E-state index in [1.54, 1.807) is 0 Å². The van der Waals surface area contributed by atoms with Gasteiger partial charge in [0.2, 0.25) is 0 Å². The largest absolute Gasteiger partial charge is 0.378 e. The molecule has 1 unspecified atom stereocenters.